The Balaban J connectivity index is 2.99. The van der Waals surface area contributed by atoms with Gasteiger partial charge in [-0.05, 0) is 44.0 Å². The minimum absolute atomic E-state index is 0.118. The first-order chi connectivity index (χ1) is 8.18. The summed E-state index contributed by atoms with van der Waals surface area (Å²) >= 11 is 13.1. The molecular formula is C11H8Br4O3. The number of para-hydroxylation sites is 1. The molecule has 0 aliphatic heterocycles. The van der Waals surface area contributed by atoms with Crippen LogP contribution in [0, 0.1) is 0 Å². The highest BCUT2D eigenvalue weighted by atomic mass is 79.9. The van der Waals surface area contributed by atoms with Crippen molar-refractivity contribution in [3.8, 4) is 5.75 Å². The van der Waals surface area contributed by atoms with E-state index in [1.807, 2.05) is 18.2 Å². The molecule has 0 amide bonds. The summed E-state index contributed by atoms with van der Waals surface area (Å²) in [6, 6.07) is 8.96. The number of hydrogen-bond donors (Lipinski definition) is 1. The van der Waals surface area contributed by atoms with E-state index in [0.717, 1.165) is 0 Å². The second kappa shape index (κ2) is 6.07. The first kappa shape index (κ1) is 16.2. The predicted molar refractivity (Wildman–Crippen MR) is 85.0 cm³/mol. The third kappa shape index (κ3) is 3.59. The SMILES string of the molecule is C=C(C(=O)O)C(Br)(Br)C(Br)(Br)Oc1ccccc1. The lowest BCUT2D eigenvalue weighted by molar-refractivity contribution is -0.132. The summed E-state index contributed by atoms with van der Waals surface area (Å²) in [5, 5.41) is 8.99. The fourth-order valence-electron chi connectivity index (χ4n) is 1.01. The largest absolute Gasteiger partial charge is 0.478 e. The second-order valence-corrected chi connectivity index (χ2v) is 10.0. The van der Waals surface area contributed by atoms with Crippen LogP contribution < -0.4 is 4.74 Å². The molecule has 1 aromatic carbocycles. The summed E-state index contributed by atoms with van der Waals surface area (Å²) in [7, 11) is 0. The van der Waals surface area contributed by atoms with Gasteiger partial charge in [-0.2, -0.15) is 0 Å². The summed E-state index contributed by atoms with van der Waals surface area (Å²) in [4.78, 5) is 11.0. The van der Waals surface area contributed by atoms with Crippen LogP contribution in [0.15, 0.2) is 42.5 Å². The van der Waals surface area contributed by atoms with E-state index < -0.39 is 12.6 Å². The molecule has 3 nitrogen and oxygen atoms in total. The summed E-state index contributed by atoms with van der Waals surface area (Å²) in [6.45, 7) is 3.50. The Labute approximate surface area is 138 Å². The third-order valence-electron chi connectivity index (χ3n) is 1.99. The maximum Gasteiger partial charge on any atom is 0.333 e. The quantitative estimate of drug-likeness (QED) is 0.467. The van der Waals surface area contributed by atoms with Crippen molar-refractivity contribution in [2.75, 3.05) is 0 Å². The van der Waals surface area contributed by atoms with Crippen LogP contribution in [0.2, 0.25) is 0 Å². The van der Waals surface area contributed by atoms with Crippen LogP contribution in [-0.4, -0.2) is 17.7 Å². The highest BCUT2D eigenvalue weighted by molar-refractivity contribution is 9.30. The van der Waals surface area contributed by atoms with Crippen LogP contribution in [0.25, 0.3) is 0 Å². The average molecular weight is 508 g/mol. The lowest BCUT2D eigenvalue weighted by Gasteiger charge is -2.34. The van der Waals surface area contributed by atoms with Gasteiger partial charge in [0.1, 0.15) is 5.75 Å². The molecule has 0 aromatic heterocycles. The Morgan fingerprint density at radius 3 is 2.11 bits per heavy atom. The third-order valence-corrected chi connectivity index (χ3v) is 7.71. The number of carbonyl (C=O) groups is 1. The number of hydrogen-bond acceptors (Lipinski definition) is 2. The maximum atomic E-state index is 11.0. The van der Waals surface area contributed by atoms with E-state index in [-0.39, 0.29) is 5.57 Å². The minimum Gasteiger partial charge on any atom is -0.478 e. The summed E-state index contributed by atoms with van der Waals surface area (Å²) in [5.41, 5.74) is -0.118. The number of rotatable bonds is 5. The summed E-state index contributed by atoms with van der Waals surface area (Å²) in [6.07, 6.45) is 0. The van der Waals surface area contributed by atoms with Crippen LogP contribution in [0.4, 0.5) is 0 Å². The number of aliphatic carboxylic acids is 1. The fraction of sp³-hybridized carbons (Fsp3) is 0.182. The second-order valence-electron chi connectivity index (χ2n) is 3.29. The van der Waals surface area contributed by atoms with Gasteiger partial charge < -0.3 is 9.84 Å². The Morgan fingerprint density at radius 2 is 1.67 bits per heavy atom. The van der Waals surface area contributed by atoms with Gasteiger partial charge in [-0.25, -0.2) is 4.79 Å². The molecule has 0 bridgehead atoms. The molecule has 7 heteroatoms. The molecule has 0 radical (unpaired) electrons. The molecule has 0 aliphatic rings. The molecule has 0 fully saturated rings. The Bertz CT molecular complexity index is 457. The zero-order valence-corrected chi connectivity index (χ0v) is 15.2. The molecule has 1 N–H and O–H groups in total. The van der Waals surface area contributed by atoms with Gasteiger partial charge in [0.05, 0.1) is 5.57 Å². The number of carboxylic acid groups (broad SMARTS) is 1. The highest BCUT2D eigenvalue weighted by Gasteiger charge is 2.51. The molecule has 0 aliphatic carbocycles. The highest BCUT2D eigenvalue weighted by Crippen LogP contribution is 2.52. The Morgan fingerprint density at radius 1 is 1.17 bits per heavy atom. The monoisotopic (exact) mass is 504 g/mol. The Hall–Kier alpha value is 0.150. The molecule has 0 spiro atoms. The van der Waals surface area contributed by atoms with Crippen molar-refractivity contribution in [1.82, 2.24) is 0 Å². The van der Waals surface area contributed by atoms with E-state index in [1.165, 1.54) is 0 Å². The molecule has 98 valence electrons. The number of halogens is 4. The van der Waals surface area contributed by atoms with Crippen LogP contribution in [0.5, 0.6) is 5.75 Å². The molecule has 0 atom stereocenters. The van der Waals surface area contributed by atoms with Crippen molar-refractivity contribution in [2.45, 2.75) is 6.65 Å². The topological polar surface area (TPSA) is 46.5 Å². The lowest BCUT2D eigenvalue weighted by Crippen LogP contribution is -2.42. The van der Waals surface area contributed by atoms with Gasteiger partial charge in [0.15, 0.2) is 3.23 Å². The van der Waals surface area contributed by atoms with Crippen molar-refractivity contribution in [3.05, 3.63) is 42.5 Å². The lowest BCUT2D eigenvalue weighted by atomic mass is 10.2. The van der Waals surface area contributed by atoms with Gasteiger partial charge in [0, 0.05) is 0 Å². The van der Waals surface area contributed by atoms with Gasteiger partial charge in [0.2, 0.25) is 3.42 Å². The van der Waals surface area contributed by atoms with Gasteiger partial charge >= 0.3 is 5.97 Å². The molecule has 1 aromatic rings. The summed E-state index contributed by atoms with van der Waals surface area (Å²) in [5.74, 6) is -0.587. The van der Waals surface area contributed by atoms with Crippen LogP contribution in [0.3, 0.4) is 0 Å². The van der Waals surface area contributed by atoms with Crippen LogP contribution in [-0.2, 0) is 4.79 Å². The minimum atomic E-state index is -1.23. The van der Waals surface area contributed by atoms with E-state index in [0.29, 0.717) is 5.75 Å². The van der Waals surface area contributed by atoms with Gasteiger partial charge in [0.25, 0.3) is 0 Å². The van der Waals surface area contributed by atoms with Crippen molar-refractivity contribution in [2.24, 2.45) is 0 Å². The van der Waals surface area contributed by atoms with Crippen molar-refractivity contribution < 1.29 is 14.6 Å². The number of carboxylic acids is 1. The molecule has 0 unspecified atom stereocenters. The fourth-order valence-corrected chi connectivity index (χ4v) is 2.36. The predicted octanol–water partition coefficient (Wildman–Crippen LogP) is 4.64. The molecule has 0 saturated carbocycles. The Kier molecular flexibility index (Phi) is 5.46. The number of benzene rings is 1. The molecule has 18 heavy (non-hydrogen) atoms. The van der Waals surface area contributed by atoms with Gasteiger partial charge in [-0.3, -0.25) is 0 Å². The molecule has 0 saturated heterocycles. The van der Waals surface area contributed by atoms with E-state index in [1.54, 1.807) is 12.1 Å². The van der Waals surface area contributed by atoms with Crippen molar-refractivity contribution in [1.29, 1.82) is 0 Å². The van der Waals surface area contributed by atoms with Gasteiger partial charge in [-0.1, -0.05) is 56.6 Å². The van der Waals surface area contributed by atoms with E-state index >= 15 is 0 Å². The van der Waals surface area contributed by atoms with Crippen molar-refractivity contribution in [3.63, 3.8) is 0 Å². The standard InChI is InChI=1S/C11H8Br4O3/c1-7(9(16)17)10(12,13)11(14,15)18-8-5-3-2-4-6-8/h2-6H,1H2,(H,16,17). The number of alkyl halides is 4. The zero-order valence-electron chi connectivity index (χ0n) is 8.87. The normalized spacial score (nSPS) is 12.0. The molecular weight excluding hydrogens is 500 g/mol. The first-order valence-corrected chi connectivity index (χ1v) is 7.78. The van der Waals surface area contributed by atoms with E-state index in [4.69, 9.17) is 9.84 Å². The average Bonchev–Trinajstić information content (AvgIpc) is 2.28. The summed E-state index contributed by atoms with van der Waals surface area (Å²) < 4.78 is 3.21. The molecule has 0 heterocycles. The van der Waals surface area contributed by atoms with Gasteiger partial charge in [-0.15, -0.1) is 0 Å². The molecule has 1 rings (SSSR count). The van der Waals surface area contributed by atoms with E-state index in [2.05, 4.69) is 70.3 Å². The first-order valence-electron chi connectivity index (χ1n) is 4.61. The maximum absolute atomic E-state index is 11.0. The van der Waals surface area contributed by atoms with Crippen LogP contribution in [0.1, 0.15) is 0 Å². The van der Waals surface area contributed by atoms with E-state index in [9.17, 15) is 4.79 Å². The van der Waals surface area contributed by atoms with Crippen molar-refractivity contribution >= 4 is 69.7 Å². The van der Waals surface area contributed by atoms with Crippen LogP contribution >= 0.6 is 63.7 Å². The smallest absolute Gasteiger partial charge is 0.333 e. The zero-order chi connectivity index (χ0) is 14.0. The number of ether oxygens (including phenoxy) is 1.